The van der Waals surface area contributed by atoms with Gasteiger partial charge in [0.15, 0.2) is 0 Å². The highest BCUT2D eigenvalue weighted by molar-refractivity contribution is 5.74. The first-order chi connectivity index (χ1) is 12.7. The van der Waals surface area contributed by atoms with E-state index in [-0.39, 0.29) is 12.1 Å². The van der Waals surface area contributed by atoms with E-state index in [1.165, 1.54) is 37.9 Å². The second-order valence-electron chi connectivity index (χ2n) is 6.79. The van der Waals surface area contributed by atoms with Crippen LogP contribution in [-0.2, 0) is 6.54 Å². The van der Waals surface area contributed by atoms with Crippen LogP contribution in [-0.4, -0.2) is 48.2 Å². The summed E-state index contributed by atoms with van der Waals surface area (Å²) in [4.78, 5) is 18.3. The number of hydrogen-bond donors (Lipinski definition) is 2. The van der Waals surface area contributed by atoms with Crippen molar-refractivity contribution in [2.24, 2.45) is 0 Å². The van der Waals surface area contributed by atoms with Crippen molar-refractivity contribution in [2.75, 3.05) is 26.2 Å². The molecule has 1 unspecified atom stereocenters. The smallest absolute Gasteiger partial charge is 0.315 e. The molecule has 1 aromatic rings. The molecule has 6 heteroatoms. The lowest BCUT2D eigenvalue weighted by Gasteiger charge is -2.26. The highest BCUT2D eigenvalue weighted by Gasteiger charge is 2.10. The lowest BCUT2D eigenvalue weighted by Crippen LogP contribution is -2.40. The summed E-state index contributed by atoms with van der Waals surface area (Å²) >= 11 is 0. The maximum Gasteiger partial charge on any atom is 0.315 e. The molecule has 2 rings (SSSR count). The molecule has 1 aliphatic heterocycles. The maximum atomic E-state index is 11.6. The second kappa shape index (κ2) is 11.5. The molecule has 0 radical (unpaired) electrons. The van der Waals surface area contributed by atoms with Gasteiger partial charge < -0.3 is 15.4 Å². The van der Waals surface area contributed by atoms with Crippen molar-refractivity contribution < 1.29 is 9.53 Å². The van der Waals surface area contributed by atoms with E-state index in [4.69, 9.17) is 4.74 Å². The van der Waals surface area contributed by atoms with Gasteiger partial charge in [-0.05, 0) is 57.0 Å². The maximum absolute atomic E-state index is 11.6. The molecule has 1 fully saturated rings. The number of pyridine rings is 1. The standard InChI is InChI=1S/C20H32N4O2/c1-3-17(2)23-20(25)22-10-5-8-14-26-19-15-18(9-11-21-19)16-24-12-6-4-7-13-24/h5,8-9,11,15,17H,3-4,6-7,10,12-14,16H2,1-2H3,(H2,22,23,25). The Morgan fingerprint density at radius 1 is 1.35 bits per heavy atom. The summed E-state index contributed by atoms with van der Waals surface area (Å²) in [5.41, 5.74) is 1.24. The van der Waals surface area contributed by atoms with Crippen molar-refractivity contribution in [2.45, 2.75) is 52.1 Å². The number of ether oxygens (including phenoxy) is 1. The van der Waals surface area contributed by atoms with Crippen LogP contribution in [0.1, 0.15) is 45.1 Å². The highest BCUT2D eigenvalue weighted by atomic mass is 16.5. The zero-order valence-electron chi connectivity index (χ0n) is 16.0. The number of carbonyl (C=O) groups excluding carboxylic acids is 1. The van der Waals surface area contributed by atoms with Gasteiger partial charge in [0.1, 0.15) is 6.61 Å². The number of aromatic nitrogens is 1. The Labute approximate surface area is 157 Å². The van der Waals surface area contributed by atoms with E-state index >= 15 is 0 Å². The van der Waals surface area contributed by atoms with E-state index in [0.717, 1.165) is 13.0 Å². The molecule has 144 valence electrons. The van der Waals surface area contributed by atoms with Gasteiger partial charge in [-0.15, -0.1) is 0 Å². The Morgan fingerprint density at radius 2 is 2.15 bits per heavy atom. The average Bonchev–Trinajstić information content (AvgIpc) is 2.65. The van der Waals surface area contributed by atoms with Gasteiger partial charge >= 0.3 is 6.03 Å². The fourth-order valence-corrected chi connectivity index (χ4v) is 2.82. The number of likely N-dealkylation sites (tertiary alicyclic amines) is 1. The summed E-state index contributed by atoms with van der Waals surface area (Å²) in [6.45, 7) is 8.26. The molecule has 2 amide bonds. The topological polar surface area (TPSA) is 66.5 Å². The molecule has 1 aliphatic rings. The first-order valence-corrected chi connectivity index (χ1v) is 9.67. The lowest BCUT2D eigenvalue weighted by molar-refractivity contribution is 0.220. The minimum atomic E-state index is -0.142. The Morgan fingerprint density at radius 3 is 2.92 bits per heavy atom. The number of carbonyl (C=O) groups is 1. The lowest BCUT2D eigenvalue weighted by atomic mass is 10.1. The molecule has 1 atom stereocenters. The van der Waals surface area contributed by atoms with Gasteiger partial charge in [-0.3, -0.25) is 4.90 Å². The number of amides is 2. The molecule has 0 aromatic carbocycles. The molecule has 2 N–H and O–H groups in total. The summed E-state index contributed by atoms with van der Waals surface area (Å²) in [6, 6.07) is 4.11. The summed E-state index contributed by atoms with van der Waals surface area (Å²) in [5.74, 6) is 0.645. The Balaban J connectivity index is 1.65. The minimum Gasteiger partial charge on any atom is -0.473 e. The Kier molecular flexibility index (Phi) is 8.96. The van der Waals surface area contributed by atoms with Gasteiger partial charge in [0.2, 0.25) is 5.88 Å². The molecular formula is C20H32N4O2. The van der Waals surface area contributed by atoms with Crippen molar-refractivity contribution in [1.82, 2.24) is 20.5 Å². The third kappa shape index (κ3) is 7.87. The number of nitrogens with zero attached hydrogens (tertiary/aromatic N) is 2. The van der Waals surface area contributed by atoms with E-state index in [0.29, 0.717) is 19.0 Å². The van der Waals surface area contributed by atoms with Crippen LogP contribution in [0.3, 0.4) is 0 Å². The third-order valence-electron chi connectivity index (χ3n) is 4.52. The molecule has 1 aromatic heterocycles. The number of urea groups is 1. The molecule has 0 aliphatic carbocycles. The average molecular weight is 361 g/mol. The number of nitrogens with one attached hydrogen (secondary N) is 2. The largest absolute Gasteiger partial charge is 0.473 e. The molecule has 0 bridgehead atoms. The van der Waals surface area contributed by atoms with Crippen molar-refractivity contribution in [3.05, 3.63) is 36.0 Å². The number of piperidine rings is 1. The van der Waals surface area contributed by atoms with Gasteiger partial charge in [-0.1, -0.05) is 19.4 Å². The van der Waals surface area contributed by atoms with Gasteiger partial charge in [-0.2, -0.15) is 0 Å². The SMILES string of the molecule is CCC(C)NC(=O)NCC=CCOc1cc(CN2CCCCC2)ccn1. The third-order valence-corrected chi connectivity index (χ3v) is 4.52. The summed E-state index contributed by atoms with van der Waals surface area (Å²) in [7, 11) is 0. The first-order valence-electron chi connectivity index (χ1n) is 9.67. The molecular weight excluding hydrogens is 328 g/mol. The first kappa shape index (κ1) is 20.2. The van der Waals surface area contributed by atoms with Gasteiger partial charge in [0, 0.05) is 31.4 Å². The molecule has 2 heterocycles. The fraction of sp³-hybridized carbons (Fsp3) is 0.600. The van der Waals surface area contributed by atoms with Crippen LogP contribution in [0.4, 0.5) is 4.79 Å². The van der Waals surface area contributed by atoms with Crippen LogP contribution >= 0.6 is 0 Å². The van der Waals surface area contributed by atoms with Gasteiger partial charge in [0.05, 0.1) is 0 Å². The second-order valence-corrected chi connectivity index (χ2v) is 6.79. The zero-order chi connectivity index (χ0) is 18.6. The minimum absolute atomic E-state index is 0.142. The fourth-order valence-electron chi connectivity index (χ4n) is 2.82. The van der Waals surface area contributed by atoms with E-state index in [9.17, 15) is 4.79 Å². The van der Waals surface area contributed by atoms with Crippen molar-refractivity contribution in [3.63, 3.8) is 0 Å². The summed E-state index contributed by atoms with van der Waals surface area (Å²) in [6.07, 6.45) is 10.4. The Hall–Kier alpha value is -2.08. The quantitative estimate of drug-likeness (QED) is 0.664. The van der Waals surface area contributed by atoms with Gasteiger partial charge in [-0.25, -0.2) is 9.78 Å². The van der Waals surface area contributed by atoms with E-state index in [1.807, 2.05) is 32.1 Å². The van der Waals surface area contributed by atoms with Crippen molar-refractivity contribution in [3.8, 4) is 5.88 Å². The van der Waals surface area contributed by atoms with E-state index in [1.54, 1.807) is 6.20 Å². The molecule has 0 spiro atoms. The normalized spacial score (nSPS) is 16.4. The predicted molar refractivity (Wildman–Crippen MR) is 104 cm³/mol. The number of hydrogen-bond acceptors (Lipinski definition) is 4. The summed E-state index contributed by atoms with van der Waals surface area (Å²) < 4.78 is 5.68. The summed E-state index contributed by atoms with van der Waals surface area (Å²) in [5, 5.41) is 5.64. The van der Waals surface area contributed by atoms with Crippen molar-refractivity contribution >= 4 is 6.03 Å². The van der Waals surface area contributed by atoms with Crippen LogP contribution in [0.2, 0.25) is 0 Å². The van der Waals surface area contributed by atoms with Crippen molar-refractivity contribution in [1.29, 1.82) is 0 Å². The zero-order valence-corrected chi connectivity index (χ0v) is 16.0. The van der Waals surface area contributed by atoms with Crippen LogP contribution in [0.15, 0.2) is 30.5 Å². The Bertz CT molecular complexity index is 571. The van der Waals surface area contributed by atoms with Crippen LogP contribution in [0, 0.1) is 0 Å². The van der Waals surface area contributed by atoms with Crippen LogP contribution < -0.4 is 15.4 Å². The molecule has 26 heavy (non-hydrogen) atoms. The molecule has 0 saturated carbocycles. The van der Waals surface area contributed by atoms with Crippen LogP contribution in [0.5, 0.6) is 5.88 Å². The monoisotopic (exact) mass is 360 g/mol. The highest BCUT2D eigenvalue weighted by Crippen LogP contribution is 2.15. The molecule has 1 saturated heterocycles. The number of rotatable bonds is 9. The molecule has 6 nitrogen and oxygen atoms in total. The van der Waals surface area contributed by atoms with E-state index < -0.39 is 0 Å². The predicted octanol–water partition coefficient (Wildman–Crippen LogP) is 3.10. The van der Waals surface area contributed by atoms with E-state index in [2.05, 4.69) is 26.6 Å². The van der Waals surface area contributed by atoms with Crippen LogP contribution in [0.25, 0.3) is 0 Å². The van der Waals surface area contributed by atoms with Gasteiger partial charge in [0.25, 0.3) is 0 Å².